The normalized spacial score (nSPS) is 28.2. The Balaban J connectivity index is 1.79. The Hall–Kier alpha value is -1.66. The Labute approximate surface area is 130 Å². The zero-order valence-electron chi connectivity index (χ0n) is 13.1. The summed E-state index contributed by atoms with van der Waals surface area (Å²) in [6.45, 7) is 2.26. The van der Waals surface area contributed by atoms with E-state index in [2.05, 4.69) is 15.2 Å². The number of amides is 1. The van der Waals surface area contributed by atoms with Gasteiger partial charge < -0.3 is 14.8 Å². The van der Waals surface area contributed by atoms with Gasteiger partial charge in [0.15, 0.2) is 0 Å². The summed E-state index contributed by atoms with van der Waals surface area (Å²) in [5, 5.41) is 2.76. The first-order valence-electron chi connectivity index (χ1n) is 7.78. The Bertz CT molecular complexity index is 537. The largest absolute Gasteiger partial charge is 0.481 e. The summed E-state index contributed by atoms with van der Waals surface area (Å²) in [7, 11) is 3.33. The van der Waals surface area contributed by atoms with E-state index in [1.54, 1.807) is 20.4 Å². The van der Waals surface area contributed by atoms with E-state index in [0.717, 1.165) is 38.1 Å². The van der Waals surface area contributed by atoms with Crippen molar-refractivity contribution < 1.29 is 14.3 Å². The lowest BCUT2D eigenvalue weighted by molar-refractivity contribution is -0.129. The minimum atomic E-state index is -0.0213. The molecule has 2 aliphatic rings. The molecule has 0 aromatic carbocycles. The van der Waals surface area contributed by atoms with E-state index in [1.165, 1.54) is 0 Å². The Kier molecular flexibility index (Phi) is 4.59. The molecular formula is C16H23N3O3. The first-order chi connectivity index (χ1) is 10.7. The molecule has 1 aromatic rings. The van der Waals surface area contributed by atoms with Crippen LogP contribution in [0.5, 0.6) is 5.88 Å². The first kappa shape index (κ1) is 15.2. The van der Waals surface area contributed by atoms with Crippen LogP contribution in [0.4, 0.5) is 0 Å². The molecule has 120 valence electrons. The number of pyridine rings is 1. The summed E-state index contributed by atoms with van der Waals surface area (Å²) >= 11 is 0. The zero-order chi connectivity index (χ0) is 15.5. The van der Waals surface area contributed by atoms with Crippen LogP contribution in [0.15, 0.2) is 18.3 Å². The number of ether oxygens (including phenoxy) is 2. The summed E-state index contributed by atoms with van der Waals surface area (Å²) in [4.78, 5) is 18.7. The van der Waals surface area contributed by atoms with Crippen LogP contribution in [0.25, 0.3) is 0 Å². The van der Waals surface area contributed by atoms with Crippen LogP contribution < -0.4 is 10.1 Å². The van der Waals surface area contributed by atoms with Crippen molar-refractivity contribution in [1.82, 2.24) is 15.2 Å². The number of likely N-dealkylation sites (tertiary alicyclic amines) is 1. The highest BCUT2D eigenvalue weighted by Gasteiger charge is 2.42. The first-order valence-corrected chi connectivity index (χ1v) is 7.78. The fraction of sp³-hybridized carbons (Fsp3) is 0.625. The van der Waals surface area contributed by atoms with E-state index >= 15 is 0 Å². The van der Waals surface area contributed by atoms with Gasteiger partial charge >= 0.3 is 0 Å². The molecular weight excluding hydrogens is 282 g/mol. The number of nitrogens with one attached hydrogen (secondary N) is 1. The van der Waals surface area contributed by atoms with Gasteiger partial charge in [0.25, 0.3) is 0 Å². The Morgan fingerprint density at radius 3 is 3.23 bits per heavy atom. The topological polar surface area (TPSA) is 63.7 Å². The second kappa shape index (κ2) is 6.62. The molecule has 0 spiro atoms. The minimum absolute atomic E-state index is 0.0213. The Morgan fingerprint density at radius 1 is 1.59 bits per heavy atom. The van der Waals surface area contributed by atoms with Crippen molar-refractivity contribution in [2.75, 3.05) is 27.3 Å². The second-order valence-corrected chi connectivity index (χ2v) is 5.91. The number of hydrogen-bond acceptors (Lipinski definition) is 5. The highest BCUT2D eigenvalue weighted by molar-refractivity contribution is 5.78. The molecule has 3 heterocycles. The maximum absolute atomic E-state index is 12.0. The van der Waals surface area contributed by atoms with Gasteiger partial charge in [0.05, 0.1) is 19.1 Å². The molecule has 2 aliphatic heterocycles. The van der Waals surface area contributed by atoms with Gasteiger partial charge in [-0.25, -0.2) is 4.98 Å². The van der Waals surface area contributed by atoms with E-state index < -0.39 is 0 Å². The van der Waals surface area contributed by atoms with Crippen molar-refractivity contribution in [3.8, 4) is 5.88 Å². The van der Waals surface area contributed by atoms with Crippen LogP contribution in [0.3, 0.4) is 0 Å². The number of fused-ring (bicyclic) bond motifs is 1. The molecule has 3 rings (SSSR count). The van der Waals surface area contributed by atoms with Crippen LogP contribution >= 0.6 is 0 Å². The van der Waals surface area contributed by atoms with Gasteiger partial charge in [-0.1, -0.05) is 6.07 Å². The van der Waals surface area contributed by atoms with E-state index in [-0.39, 0.29) is 17.9 Å². The number of carbonyl (C=O) groups excluding carboxylic acids is 1. The van der Waals surface area contributed by atoms with Crippen LogP contribution in [0, 0.1) is 5.92 Å². The molecule has 0 saturated carbocycles. The van der Waals surface area contributed by atoms with Crippen molar-refractivity contribution in [2.45, 2.75) is 31.5 Å². The van der Waals surface area contributed by atoms with E-state index in [1.807, 2.05) is 12.1 Å². The molecule has 3 atom stereocenters. The summed E-state index contributed by atoms with van der Waals surface area (Å²) in [5.41, 5.74) is 1.05. The standard InChI is InChI=1S/C16H23N3O3/c1-17-15(20)12-8-14-13(5-7-22-14)19(10-12)9-11-4-3-6-18-16(11)21-2/h3-4,6,12-14H,5,7-10H2,1-2H3,(H,17,20)/t12-,13+,14+/m0/s1. The predicted molar refractivity (Wildman–Crippen MR) is 81.5 cm³/mol. The third kappa shape index (κ3) is 2.94. The highest BCUT2D eigenvalue weighted by atomic mass is 16.5. The average Bonchev–Trinajstić information content (AvgIpc) is 3.03. The van der Waals surface area contributed by atoms with Crippen LogP contribution in [-0.2, 0) is 16.1 Å². The zero-order valence-corrected chi connectivity index (χ0v) is 13.1. The third-order valence-corrected chi connectivity index (χ3v) is 4.65. The van der Waals surface area contributed by atoms with E-state index in [9.17, 15) is 4.79 Å². The molecule has 0 aliphatic carbocycles. The van der Waals surface area contributed by atoms with Crippen molar-refractivity contribution in [2.24, 2.45) is 5.92 Å². The van der Waals surface area contributed by atoms with E-state index in [4.69, 9.17) is 9.47 Å². The molecule has 1 amide bonds. The van der Waals surface area contributed by atoms with Gasteiger partial charge in [0.1, 0.15) is 0 Å². The predicted octanol–water partition coefficient (Wildman–Crippen LogP) is 0.816. The van der Waals surface area contributed by atoms with Gasteiger partial charge in [0.2, 0.25) is 11.8 Å². The van der Waals surface area contributed by atoms with Crippen molar-refractivity contribution in [1.29, 1.82) is 0 Å². The molecule has 1 aromatic heterocycles. The fourth-order valence-electron chi connectivity index (χ4n) is 3.58. The fourth-order valence-corrected chi connectivity index (χ4v) is 3.58. The van der Waals surface area contributed by atoms with Gasteiger partial charge in [-0.3, -0.25) is 9.69 Å². The second-order valence-electron chi connectivity index (χ2n) is 5.91. The van der Waals surface area contributed by atoms with Gasteiger partial charge in [-0.05, 0) is 18.9 Å². The highest BCUT2D eigenvalue weighted by Crippen LogP contribution is 2.33. The molecule has 0 unspecified atom stereocenters. The summed E-state index contributed by atoms with van der Waals surface area (Å²) in [5.74, 6) is 0.726. The molecule has 1 N–H and O–H groups in total. The monoisotopic (exact) mass is 305 g/mol. The van der Waals surface area contributed by atoms with Crippen LogP contribution in [-0.4, -0.2) is 55.2 Å². The molecule has 0 radical (unpaired) electrons. The molecule has 2 saturated heterocycles. The minimum Gasteiger partial charge on any atom is -0.481 e. The number of carbonyl (C=O) groups is 1. The van der Waals surface area contributed by atoms with Gasteiger partial charge in [-0.15, -0.1) is 0 Å². The third-order valence-electron chi connectivity index (χ3n) is 4.65. The van der Waals surface area contributed by atoms with Crippen molar-refractivity contribution in [3.63, 3.8) is 0 Å². The quantitative estimate of drug-likeness (QED) is 0.892. The SMILES string of the molecule is CNC(=O)[C@H]1C[C@H]2OCC[C@H]2N(Cc2cccnc2OC)C1. The number of hydrogen-bond donors (Lipinski definition) is 1. The summed E-state index contributed by atoms with van der Waals surface area (Å²) in [6, 6.07) is 4.33. The summed E-state index contributed by atoms with van der Waals surface area (Å²) in [6.07, 6.45) is 3.71. The van der Waals surface area contributed by atoms with E-state index in [0.29, 0.717) is 11.9 Å². The lowest BCUT2D eigenvalue weighted by Gasteiger charge is -2.40. The van der Waals surface area contributed by atoms with Crippen molar-refractivity contribution in [3.05, 3.63) is 23.9 Å². The van der Waals surface area contributed by atoms with Gasteiger partial charge in [0, 0.05) is 44.5 Å². The maximum atomic E-state index is 12.0. The number of aromatic nitrogens is 1. The van der Waals surface area contributed by atoms with Crippen LogP contribution in [0.2, 0.25) is 0 Å². The average molecular weight is 305 g/mol. The smallest absolute Gasteiger partial charge is 0.224 e. The lowest BCUT2D eigenvalue weighted by atomic mass is 9.89. The van der Waals surface area contributed by atoms with Crippen LogP contribution in [0.1, 0.15) is 18.4 Å². The molecule has 6 heteroatoms. The molecule has 6 nitrogen and oxygen atoms in total. The number of methoxy groups -OCH3 is 1. The number of rotatable bonds is 4. The number of piperidine rings is 1. The van der Waals surface area contributed by atoms with Crippen molar-refractivity contribution >= 4 is 5.91 Å². The Morgan fingerprint density at radius 2 is 2.45 bits per heavy atom. The lowest BCUT2D eigenvalue weighted by Crippen LogP contribution is -2.52. The molecule has 0 bridgehead atoms. The molecule has 2 fully saturated rings. The maximum Gasteiger partial charge on any atom is 0.224 e. The summed E-state index contributed by atoms with van der Waals surface area (Å²) < 4.78 is 11.2. The number of nitrogens with zero attached hydrogens (tertiary/aromatic N) is 2. The van der Waals surface area contributed by atoms with Gasteiger partial charge in [-0.2, -0.15) is 0 Å². The molecule has 22 heavy (non-hydrogen) atoms.